The van der Waals surface area contributed by atoms with Gasteiger partial charge in [-0.3, -0.25) is 0 Å². The van der Waals surface area contributed by atoms with Gasteiger partial charge in [0.15, 0.2) is 0 Å². The Labute approximate surface area is 88.8 Å². The number of anilines is 1. The van der Waals surface area contributed by atoms with E-state index in [1.807, 2.05) is 28.8 Å². The van der Waals surface area contributed by atoms with Crippen LogP contribution in [0, 0.1) is 0 Å². The molecule has 15 heavy (non-hydrogen) atoms. The van der Waals surface area contributed by atoms with Crippen molar-refractivity contribution in [3.63, 3.8) is 0 Å². The van der Waals surface area contributed by atoms with E-state index >= 15 is 0 Å². The van der Waals surface area contributed by atoms with Crippen LogP contribution in [0.4, 0.5) is 5.69 Å². The molecule has 0 atom stereocenters. The van der Waals surface area contributed by atoms with Gasteiger partial charge in [0.25, 0.3) is 0 Å². The summed E-state index contributed by atoms with van der Waals surface area (Å²) in [6.07, 6.45) is 2.53. The molecule has 78 valence electrons. The summed E-state index contributed by atoms with van der Waals surface area (Å²) in [5.41, 5.74) is 7.67. The van der Waals surface area contributed by atoms with Crippen LogP contribution in [0.15, 0.2) is 30.6 Å². The third-order valence-corrected chi connectivity index (χ3v) is 2.35. The fourth-order valence-electron chi connectivity index (χ4n) is 1.57. The molecular formula is C11H14N4. The molecule has 0 saturated carbocycles. The van der Waals surface area contributed by atoms with Crippen molar-refractivity contribution in [3.05, 3.63) is 42.0 Å². The van der Waals surface area contributed by atoms with Gasteiger partial charge in [-0.1, -0.05) is 12.1 Å². The highest BCUT2D eigenvalue weighted by Crippen LogP contribution is 2.10. The molecule has 0 spiro atoms. The monoisotopic (exact) mass is 202 g/mol. The summed E-state index contributed by atoms with van der Waals surface area (Å²) in [6.45, 7) is 2.97. The minimum atomic E-state index is 0.777. The van der Waals surface area contributed by atoms with Crippen molar-refractivity contribution in [2.24, 2.45) is 0 Å². The highest BCUT2D eigenvalue weighted by molar-refractivity contribution is 5.41. The SMILES string of the molecule is CCn1cnnc1Cc1cccc(N)c1. The summed E-state index contributed by atoms with van der Waals surface area (Å²) in [5, 5.41) is 7.98. The van der Waals surface area contributed by atoms with Gasteiger partial charge in [0.05, 0.1) is 0 Å². The quantitative estimate of drug-likeness (QED) is 0.767. The van der Waals surface area contributed by atoms with Gasteiger partial charge in [-0.15, -0.1) is 10.2 Å². The Hall–Kier alpha value is -1.84. The van der Waals surface area contributed by atoms with Crippen LogP contribution in [0.25, 0.3) is 0 Å². The van der Waals surface area contributed by atoms with Crippen molar-refractivity contribution in [3.8, 4) is 0 Å². The molecule has 0 aliphatic heterocycles. The van der Waals surface area contributed by atoms with Gasteiger partial charge in [0.2, 0.25) is 0 Å². The molecule has 2 rings (SSSR count). The number of nitrogens with two attached hydrogens (primary N) is 1. The van der Waals surface area contributed by atoms with Crippen molar-refractivity contribution in [2.45, 2.75) is 19.9 Å². The van der Waals surface area contributed by atoms with Gasteiger partial charge in [0.1, 0.15) is 12.2 Å². The molecule has 0 saturated heterocycles. The van der Waals surface area contributed by atoms with Crippen LogP contribution >= 0.6 is 0 Å². The summed E-state index contributed by atoms with van der Waals surface area (Å²) in [4.78, 5) is 0. The highest BCUT2D eigenvalue weighted by atomic mass is 15.3. The van der Waals surface area contributed by atoms with E-state index in [9.17, 15) is 0 Å². The summed E-state index contributed by atoms with van der Waals surface area (Å²) in [7, 11) is 0. The number of nitrogen functional groups attached to an aromatic ring is 1. The van der Waals surface area contributed by atoms with Gasteiger partial charge in [-0.2, -0.15) is 0 Å². The van der Waals surface area contributed by atoms with Gasteiger partial charge in [0, 0.05) is 18.7 Å². The predicted octanol–water partition coefficient (Wildman–Crippen LogP) is 1.47. The van der Waals surface area contributed by atoms with Gasteiger partial charge >= 0.3 is 0 Å². The van der Waals surface area contributed by atoms with Gasteiger partial charge in [-0.05, 0) is 24.6 Å². The Kier molecular flexibility index (Phi) is 2.67. The van der Waals surface area contributed by atoms with Crippen LogP contribution in [0.5, 0.6) is 0 Å². The van der Waals surface area contributed by atoms with E-state index in [0.29, 0.717) is 0 Å². The van der Waals surface area contributed by atoms with Crippen LogP contribution in [-0.2, 0) is 13.0 Å². The Bertz CT molecular complexity index is 447. The number of hydrogen-bond donors (Lipinski definition) is 1. The second kappa shape index (κ2) is 4.13. The zero-order valence-electron chi connectivity index (χ0n) is 8.72. The van der Waals surface area contributed by atoms with E-state index in [1.54, 1.807) is 6.33 Å². The summed E-state index contributed by atoms with van der Waals surface area (Å²) in [5.74, 6) is 0.975. The van der Waals surface area contributed by atoms with Gasteiger partial charge in [-0.25, -0.2) is 0 Å². The molecule has 2 aromatic rings. The lowest BCUT2D eigenvalue weighted by Gasteiger charge is -2.03. The third-order valence-electron chi connectivity index (χ3n) is 2.35. The van der Waals surface area contributed by atoms with E-state index in [2.05, 4.69) is 17.1 Å². The average molecular weight is 202 g/mol. The number of rotatable bonds is 3. The third kappa shape index (κ3) is 2.15. The van der Waals surface area contributed by atoms with E-state index < -0.39 is 0 Å². The largest absolute Gasteiger partial charge is 0.399 e. The zero-order valence-corrected chi connectivity index (χ0v) is 8.72. The van der Waals surface area contributed by atoms with E-state index in [0.717, 1.165) is 30.0 Å². The maximum atomic E-state index is 5.72. The van der Waals surface area contributed by atoms with Gasteiger partial charge < -0.3 is 10.3 Å². The first-order valence-electron chi connectivity index (χ1n) is 5.00. The molecule has 4 nitrogen and oxygen atoms in total. The number of nitrogens with zero attached hydrogens (tertiary/aromatic N) is 3. The van der Waals surface area contributed by atoms with E-state index in [-0.39, 0.29) is 0 Å². The van der Waals surface area contributed by atoms with Crippen LogP contribution in [0.1, 0.15) is 18.3 Å². The smallest absolute Gasteiger partial charge is 0.137 e. The molecule has 0 amide bonds. The molecule has 0 unspecified atom stereocenters. The number of aromatic nitrogens is 3. The molecule has 0 aliphatic carbocycles. The second-order valence-corrected chi connectivity index (χ2v) is 3.45. The van der Waals surface area contributed by atoms with Crippen molar-refractivity contribution < 1.29 is 0 Å². The predicted molar refractivity (Wildman–Crippen MR) is 59.4 cm³/mol. The molecule has 1 aromatic carbocycles. The maximum Gasteiger partial charge on any atom is 0.137 e. The van der Waals surface area contributed by atoms with Crippen molar-refractivity contribution in [1.82, 2.24) is 14.8 Å². The first-order valence-corrected chi connectivity index (χ1v) is 5.00. The van der Waals surface area contributed by atoms with Crippen LogP contribution in [0.3, 0.4) is 0 Å². The summed E-state index contributed by atoms with van der Waals surface area (Å²) in [6, 6.07) is 7.85. The Morgan fingerprint density at radius 1 is 1.40 bits per heavy atom. The van der Waals surface area contributed by atoms with Crippen LogP contribution < -0.4 is 5.73 Å². The van der Waals surface area contributed by atoms with E-state index in [1.165, 1.54) is 0 Å². The number of benzene rings is 1. The molecule has 0 bridgehead atoms. The Morgan fingerprint density at radius 3 is 3.00 bits per heavy atom. The first kappa shape index (κ1) is 9.71. The molecule has 2 N–H and O–H groups in total. The van der Waals surface area contributed by atoms with Crippen LogP contribution in [0.2, 0.25) is 0 Å². The lowest BCUT2D eigenvalue weighted by molar-refractivity contribution is 0.712. The lowest BCUT2D eigenvalue weighted by Crippen LogP contribution is -2.02. The molecule has 4 heteroatoms. The normalized spacial score (nSPS) is 10.5. The highest BCUT2D eigenvalue weighted by Gasteiger charge is 2.03. The fourth-order valence-corrected chi connectivity index (χ4v) is 1.57. The van der Waals surface area contributed by atoms with Crippen molar-refractivity contribution in [2.75, 3.05) is 5.73 Å². The number of hydrogen-bond acceptors (Lipinski definition) is 3. The average Bonchev–Trinajstić information content (AvgIpc) is 2.65. The minimum absolute atomic E-state index is 0.777. The molecule has 0 radical (unpaired) electrons. The minimum Gasteiger partial charge on any atom is -0.399 e. The molecule has 0 fully saturated rings. The standard InChI is InChI=1S/C11H14N4/c1-2-15-8-13-14-11(15)7-9-4-3-5-10(12)6-9/h3-6,8H,2,7,12H2,1H3. The molecule has 1 aromatic heterocycles. The molecule has 0 aliphatic rings. The topological polar surface area (TPSA) is 56.7 Å². The van der Waals surface area contributed by atoms with E-state index in [4.69, 9.17) is 5.73 Å². The fraction of sp³-hybridized carbons (Fsp3) is 0.273. The number of aryl methyl sites for hydroxylation is 1. The second-order valence-electron chi connectivity index (χ2n) is 3.45. The van der Waals surface area contributed by atoms with Crippen LogP contribution in [-0.4, -0.2) is 14.8 Å². The van der Waals surface area contributed by atoms with Crippen molar-refractivity contribution in [1.29, 1.82) is 0 Å². The lowest BCUT2D eigenvalue weighted by atomic mass is 10.1. The summed E-state index contributed by atoms with van der Waals surface area (Å²) >= 11 is 0. The van der Waals surface area contributed by atoms with Crippen molar-refractivity contribution >= 4 is 5.69 Å². The first-order chi connectivity index (χ1) is 7.29. The zero-order chi connectivity index (χ0) is 10.7. The molecular weight excluding hydrogens is 188 g/mol. The maximum absolute atomic E-state index is 5.72. The molecule has 1 heterocycles. The Morgan fingerprint density at radius 2 is 2.27 bits per heavy atom. The summed E-state index contributed by atoms with van der Waals surface area (Å²) < 4.78 is 2.03. The Balaban J connectivity index is 2.22.